The Morgan fingerprint density at radius 1 is 1.18 bits per heavy atom. The minimum absolute atomic E-state index is 0.185. The molecule has 0 aliphatic heterocycles. The van der Waals surface area contributed by atoms with Crippen molar-refractivity contribution < 1.29 is 0 Å². The van der Waals surface area contributed by atoms with Gasteiger partial charge in [0.25, 0.3) is 0 Å². The number of benzene rings is 2. The van der Waals surface area contributed by atoms with E-state index < -0.39 is 0 Å². The van der Waals surface area contributed by atoms with Gasteiger partial charge in [-0.15, -0.1) is 0 Å². The van der Waals surface area contributed by atoms with Crippen molar-refractivity contribution in [2.45, 2.75) is 13.0 Å². The summed E-state index contributed by atoms with van der Waals surface area (Å²) in [7, 11) is 0. The molecule has 0 bridgehead atoms. The quantitative estimate of drug-likeness (QED) is 0.871. The highest BCUT2D eigenvalue weighted by molar-refractivity contribution is 9.10. The van der Waals surface area contributed by atoms with E-state index in [9.17, 15) is 0 Å². The number of nitrogens with two attached hydrogens (primary N) is 1. The van der Waals surface area contributed by atoms with Crippen molar-refractivity contribution in [1.82, 2.24) is 0 Å². The van der Waals surface area contributed by atoms with Crippen molar-refractivity contribution in [3.05, 3.63) is 68.7 Å². The van der Waals surface area contributed by atoms with Crippen LogP contribution >= 0.6 is 27.5 Å². The largest absolute Gasteiger partial charge is 0.320 e. The van der Waals surface area contributed by atoms with Crippen molar-refractivity contribution in [2.24, 2.45) is 5.73 Å². The second-order valence-electron chi connectivity index (χ2n) is 4.01. The summed E-state index contributed by atoms with van der Waals surface area (Å²) in [6, 6.07) is 13.6. The van der Waals surface area contributed by atoms with Gasteiger partial charge in [-0.05, 0) is 35.7 Å². The first-order valence-corrected chi connectivity index (χ1v) is 6.52. The molecule has 0 fully saturated rings. The zero-order chi connectivity index (χ0) is 12.4. The topological polar surface area (TPSA) is 26.0 Å². The lowest BCUT2D eigenvalue weighted by molar-refractivity contribution is 0.869. The molecule has 1 nitrogen and oxygen atoms in total. The Bertz CT molecular complexity index is 539. The summed E-state index contributed by atoms with van der Waals surface area (Å²) in [6.45, 7) is 2.05. The van der Waals surface area contributed by atoms with Crippen LogP contribution in [0.5, 0.6) is 0 Å². The van der Waals surface area contributed by atoms with Gasteiger partial charge in [-0.25, -0.2) is 0 Å². The molecule has 1 atom stereocenters. The van der Waals surface area contributed by atoms with E-state index in [1.807, 2.05) is 43.3 Å². The maximum absolute atomic E-state index is 6.24. The molecule has 17 heavy (non-hydrogen) atoms. The Hall–Kier alpha value is -0.830. The minimum atomic E-state index is -0.185. The Morgan fingerprint density at radius 2 is 1.88 bits per heavy atom. The third-order valence-electron chi connectivity index (χ3n) is 2.78. The van der Waals surface area contributed by atoms with Gasteiger partial charge in [0.2, 0.25) is 0 Å². The molecular formula is C14H13BrClN. The highest BCUT2D eigenvalue weighted by atomic mass is 79.9. The molecule has 1 unspecified atom stereocenters. The molecule has 2 aromatic rings. The van der Waals surface area contributed by atoms with Crippen molar-refractivity contribution in [2.75, 3.05) is 0 Å². The van der Waals surface area contributed by atoms with Crippen LogP contribution in [0.4, 0.5) is 0 Å². The fourth-order valence-electron chi connectivity index (χ4n) is 1.77. The van der Waals surface area contributed by atoms with Crippen LogP contribution in [0.25, 0.3) is 0 Å². The van der Waals surface area contributed by atoms with E-state index in [-0.39, 0.29) is 6.04 Å². The van der Waals surface area contributed by atoms with Crippen molar-refractivity contribution in [3.63, 3.8) is 0 Å². The van der Waals surface area contributed by atoms with E-state index in [1.165, 1.54) is 5.56 Å². The predicted molar refractivity (Wildman–Crippen MR) is 76.4 cm³/mol. The maximum Gasteiger partial charge on any atom is 0.0566 e. The lowest BCUT2D eigenvalue weighted by Gasteiger charge is -2.15. The van der Waals surface area contributed by atoms with E-state index in [2.05, 4.69) is 22.0 Å². The van der Waals surface area contributed by atoms with E-state index in [1.54, 1.807) is 0 Å². The van der Waals surface area contributed by atoms with Crippen molar-refractivity contribution in [3.8, 4) is 0 Å². The third kappa shape index (κ3) is 2.71. The Morgan fingerprint density at radius 3 is 2.53 bits per heavy atom. The molecule has 0 amide bonds. The van der Waals surface area contributed by atoms with Gasteiger partial charge in [0, 0.05) is 9.50 Å². The van der Waals surface area contributed by atoms with Crippen LogP contribution in [0.2, 0.25) is 5.02 Å². The zero-order valence-corrected chi connectivity index (χ0v) is 11.8. The van der Waals surface area contributed by atoms with Crippen LogP contribution in [0, 0.1) is 6.92 Å². The Labute approximate surface area is 115 Å². The summed E-state index contributed by atoms with van der Waals surface area (Å²) < 4.78 is 1.09. The summed E-state index contributed by atoms with van der Waals surface area (Å²) in [5, 5.41) is 0.709. The molecular weight excluding hydrogens is 298 g/mol. The average molecular weight is 311 g/mol. The molecule has 0 saturated heterocycles. The third-order valence-corrected chi connectivity index (χ3v) is 4.02. The van der Waals surface area contributed by atoms with Crippen LogP contribution in [0.15, 0.2) is 46.9 Å². The second-order valence-corrected chi connectivity index (χ2v) is 5.27. The maximum atomic E-state index is 6.24. The smallest absolute Gasteiger partial charge is 0.0566 e. The molecule has 88 valence electrons. The molecule has 0 aliphatic rings. The average Bonchev–Trinajstić information content (AvgIpc) is 2.32. The molecule has 2 N–H and O–H groups in total. The normalized spacial score (nSPS) is 12.5. The van der Waals surface area contributed by atoms with Gasteiger partial charge in [0.15, 0.2) is 0 Å². The molecule has 0 saturated carbocycles. The Kier molecular flexibility index (Phi) is 3.87. The van der Waals surface area contributed by atoms with E-state index in [0.717, 1.165) is 15.6 Å². The summed E-state index contributed by atoms with van der Waals surface area (Å²) in [4.78, 5) is 0. The van der Waals surface area contributed by atoms with Gasteiger partial charge < -0.3 is 5.73 Å². The van der Waals surface area contributed by atoms with Gasteiger partial charge in [-0.1, -0.05) is 57.9 Å². The fourth-order valence-corrected chi connectivity index (χ4v) is 2.27. The molecule has 0 aromatic heterocycles. The van der Waals surface area contributed by atoms with Gasteiger partial charge in [0.05, 0.1) is 6.04 Å². The van der Waals surface area contributed by atoms with Crippen LogP contribution < -0.4 is 5.73 Å². The van der Waals surface area contributed by atoms with E-state index in [0.29, 0.717) is 5.02 Å². The number of rotatable bonds is 2. The van der Waals surface area contributed by atoms with Crippen LogP contribution in [-0.4, -0.2) is 0 Å². The molecule has 0 aliphatic carbocycles. The number of hydrogen-bond donors (Lipinski definition) is 1. The molecule has 0 spiro atoms. The highest BCUT2D eigenvalue weighted by Crippen LogP contribution is 2.28. The number of halogens is 2. The van der Waals surface area contributed by atoms with Gasteiger partial charge in [-0.3, -0.25) is 0 Å². The standard InChI is InChI=1S/C14H13BrClN/c1-9-8-10(6-7-12(9)15)14(17)11-4-2-3-5-13(11)16/h2-8,14H,17H2,1H3. The minimum Gasteiger partial charge on any atom is -0.320 e. The zero-order valence-electron chi connectivity index (χ0n) is 9.45. The second kappa shape index (κ2) is 5.21. The first kappa shape index (κ1) is 12.6. The molecule has 3 heteroatoms. The van der Waals surface area contributed by atoms with Gasteiger partial charge in [-0.2, -0.15) is 0 Å². The predicted octanol–water partition coefficient (Wildman–Crippen LogP) is 4.46. The molecule has 2 rings (SSSR count). The van der Waals surface area contributed by atoms with Crippen LogP contribution in [0.1, 0.15) is 22.7 Å². The van der Waals surface area contributed by atoms with Crippen molar-refractivity contribution in [1.29, 1.82) is 0 Å². The summed E-state index contributed by atoms with van der Waals surface area (Å²) >= 11 is 9.63. The number of hydrogen-bond acceptors (Lipinski definition) is 1. The summed E-state index contributed by atoms with van der Waals surface area (Å²) in [5.74, 6) is 0. The molecule has 0 heterocycles. The van der Waals surface area contributed by atoms with Gasteiger partial charge in [0.1, 0.15) is 0 Å². The monoisotopic (exact) mass is 309 g/mol. The van der Waals surface area contributed by atoms with Gasteiger partial charge >= 0.3 is 0 Å². The van der Waals surface area contributed by atoms with Crippen LogP contribution in [-0.2, 0) is 0 Å². The lowest BCUT2D eigenvalue weighted by atomic mass is 9.98. The van der Waals surface area contributed by atoms with Crippen molar-refractivity contribution >= 4 is 27.5 Å². The first-order chi connectivity index (χ1) is 8.09. The summed E-state index contributed by atoms with van der Waals surface area (Å²) in [6.07, 6.45) is 0. The lowest BCUT2D eigenvalue weighted by Crippen LogP contribution is -2.12. The first-order valence-electron chi connectivity index (χ1n) is 5.35. The van der Waals surface area contributed by atoms with Crippen LogP contribution in [0.3, 0.4) is 0 Å². The summed E-state index contributed by atoms with van der Waals surface area (Å²) in [5.41, 5.74) is 9.43. The molecule has 2 aromatic carbocycles. The molecule has 0 radical (unpaired) electrons. The Balaban J connectivity index is 2.40. The van der Waals surface area contributed by atoms with E-state index >= 15 is 0 Å². The highest BCUT2D eigenvalue weighted by Gasteiger charge is 2.12. The SMILES string of the molecule is Cc1cc(C(N)c2ccccc2Cl)ccc1Br. The fraction of sp³-hybridized carbons (Fsp3) is 0.143. The van der Waals surface area contributed by atoms with E-state index in [4.69, 9.17) is 17.3 Å². The number of aryl methyl sites for hydroxylation is 1.